The molecule has 5 heteroatoms. The Kier molecular flexibility index (Phi) is 5.46. The van der Waals surface area contributed by atoms with E-state index in [1.54, 1.807) is 6.07 Å². The smallest absolute Gasteiger partial charge is 0.337 e. The van der Waals surface area contributed by atoms with Crippen LogP contribution in [-0.2, 0) is 18.0 Å². The monoisotopic (exact) mass is 424 g/mol. The van der Waals surface area contributed by atoms with Crippen molar-refractivity contribution in [3.63, 3.8) is 0 Å². The van der Waals surface area contributed by atoms with Gasteiger partial charge in [-0.15, -0.1) is 0 Å². The Morgan fingerprint density at radius 3 is 2.41 bits per heavy atom. The predicted octanol–water partition coefficient (Wildman–Crippen LogP) is 5.74. The van der Waals surface area contributed by atoms with E-state index in [0.717, 1.165) is 46.6 Å². The molecule has 0 spiro atoms. The van der Waals surface area contributed by atoms with E-state index in [2.05, 4.69) is 28.3 Å². The Morgan fingerprint density at radius 2 is 1.69 bits per heavy atom. The number of fused-ring (bicyclic) bond motifs is 3. The maximum Gasteiger partial charge on any atom is 0.337 e. The molecule has 1 unspecified atom stereocenters. The van der Waals surface area contributed by atoms with Crippen LogP contribution in [0.3, 0.4) is 0 Å². The first-order chi connectivity index (χ1) is 15.7. The quantitative estimate of drug-likeness (QED) is 0.513. The highest BCUT2D eigenvalue weighted by Crippen LogP contribution is 2.49. The van der Waals surface area contributed by atoms with Crippen LogP contribution in [0.4, 0.5) is 5.69 Å². The van der Waals surface area contributed by atoms with Gasteiger partial charge in [-0.05, 0) is 35.6 Å². The molecule has 1 aliphatic heterocycles. The van der Waals surface area contributed by atoms with Crippen LogP contribution < -0.4 is 4.90 Å². The van der Waals surface area contributed by atoms with Crippen LogP contribution in [0.1, 0.15) is 45.8 Å². The summed E-state index contributed by atoms with van der Waals surface area (Å²) in [6.45, 7) is 1.02. The van der Waals surface area contributed by atoms with Gasteiger partial charge in [0, 0.05) is 12.2 Å². The molecule has 0 saturated heterocycles. The minimum absolute atomic E-state index is 0.0856. The summed E-state index contributed by atoms with van der Waals surface area (Å²) in [6, 6.07) is 25.6. The fraction of sp³-hybridized carbons (Fsp3) is 0.185. The van der Waals surface area contributed by atoms with Crippen LogP contribution in [0.25, 0.3) is 0 Å². The molecule has 0 radical (unpaired) electrons. The number of para-hydroxylation sites is 1. The van der Waals surface area contributed by atoms with Gasteiger partial charge >= 0.3 is 5.97 Å². The molecule has 5 nitrogen and oxygen atoms in total. The highest BCUT2D eigenvalue weighted by Gasteiger charge is 2.41. The number of carbonyl (C=O) groups is 1. The molecule has 0 saturated carbocycles. The van der Waals surface area contributed by atoms with Crippen molar-refractivity contribution in [1.29, 1.82) is 0 Å². The average Bonchev–Trinajstić information content (AvgIpc) is 3.15. The van der Waals surface area contributed by atoms with Gasteiger partial charge in [-0.25, -0.2) is 4.79 Å². The molecule has 2 aliphatic rings. The number of hydrogen-bond donors (Lipinski definition) is 1. The van der Waals surface area contributed by atoms with Gasteiger partial charge in [0.15, 0.2) is 0 Å². The second kappa shape index (κ2) is 8.71. The SMILES string of the molecule is O=C(O)c1cccc2c1N(Cc1ccccc1)C1=CCCC(=NOCc3ccccc3)C12. The number of aromatic carboxylic acids is 1. The second-order valence-corrected chi connectivity index (χ2v) is 8.06. The van der Waals surface area contributed by atoms with Crippen molar-refractivity contribution < 1.29 is 14.7 Å². The molecule has 1 atom stereocenters. The van der Waals surface area contributed by atoms with Crippen molar-refractivity contribution in [2.45, 2.75) is 31.9 Å². The third kappa shape index (κ3) is 3.78. The van der Waals surface area contributed by atoms with Crippen LogP contribution in [-0.4, -0.2) is 16.8 Å². The standard InChI is InChI=1S/C27H24N2O3/c30-27(31)22-14-7-13-21-25-23(28-32-18-20-11-5-2-6-12-20)15-8-16-24(25)29(26(21)22)17-19-9-3-1-4-10-19/h1-7,9-14,16,25H,8,15,17-18H2,(H,30,31). The largest absolute Gasteiger partial charge is 0.478 e. The summed E-state index contributed by atoms with van der Waals surface area (Å²) in [5.74, 6) is -1.00. The summed E-state index contributed by atoms with van der Waals surface area (Å²) in [6.07, 6.45) is 3.86. The van der Waals surface area contributed by atoms with Crippen LogP contribution in [0.5, 0.6) is 0 Å². The molecular formula is C27H24N2O3. The van der Waals surface area contributed by atoms with E-state index in [9.17, 15) is 9.90 Å². The van der Waals surface area contributed by atoms with E-state index in [1.807, 2.05) is 60.7 Å². The van der Waals surface area contributed by atoms with Gasteiger partial charge in [-0.1, -0.05) is 84.0 Å². The first kappa shape index (κ1) is 20.1. The van der Waals surface area contributed by atoms with E-state index in [1.165, 1.54) is 0 Å². The van der Waals surface area contributed by atoms with Gasteiger partial charge in [-0.2, -0.15) is 0 Å². The number of benzene rings is 3. The molecule has 3 aromatic carbocycles. The molecule has 32 heavy (non-hydrogen) atoms. The van der Waals surface area contributed by atoms with Crippen molar-refractivity contribution in [3.05, 3.63) is 113 Å². The van der Waals surface area contributed by atoms with Crippen molar-refractivity contribution in [2.75, 3.05) is 4.90 Å². The summed E-state index contributed by atoms with van der Waals surface area (Å²) < 4.78 is 0. The van der Waals surface area contributed by atoms with E-state index >= 15 is 0 Å². The molecule has 1 aliphatic carbocycles. The van der Waals surface area contributed by atoms with Crippen LogP contribution in [0, 0.1) is 0 Å². The predicted molar refractivity (Wildman–Crippen MR) is 125 cm³/mol. The maximum absolute atomic E-state index is 12.1. The molecule has 0 amide bonds. The fourth-order valence-corrected chi connectivity index (χ4v) is 4.60. The normalized spacial score (nSPS) is 18.1. The number of anilines is 1. The van der Waals surface area contributed by atoms with E-state index in [-0.39, 0.29) is 5.92 Å². The first-order valence-corrected chi connectivity index (χ1v) is 10.8. The highest BCUT2D eigenvalue weighted by atomic mass is 16.6. The lowest BCUT2D eigenvalue weighted by molar-refractivity contribution is 0.0697. The van der Waals surface area contributed by atoms with Crippen molar-refractivity contribution >= 4 is 17.4 Å². The Hall–Kier alpha value is -3.86. The van der Waals surface area contributed by atoms with Crippen LogP contribution in [0.2, 0.25) is 0 Å². The maximum atomic E-state index is 12.1. The van der Waals surface area contributed by atoms with Gasteiger partial charge in [0.1, 0.15) is 6.61 Å². The Bertz CT molecular complexity index is 1190. The summed E-state index contributed by atoms with van der Waals surface area (Å²) >= 11 is 0. The van der Waals surface area contributed by atoms with Gasteiger partial charge < -0.3 is 14.8 Å². The molecular weight excluding hydrogens is 400 g/mol. The molecule has 1 N–H and O–H groups in total. The second-order valence-electron chi connectivity index (χ2n) is 8.06. The van der Waals surface area contributed by atoms with E-state index in [0.29, 0.717) is 18.7 Å². The van der Waals surface area contributed by atoms with Gasteiger partial charge in [0.25, 0.3) is 0 Å². The number of carboxylic acid groups (broad SMARTS) is 1. The Labute approximate surface area is 187 Å². The molecule has 0 fully saturated rings. The summed E-state index contributed by atoms with van der Waals surface area (Å²) in [4.78, 5) is 20.0. The lowest BCUT2D eigenvalue weighted by Crippen LogP contribution is -2.25. The van der Waals surface area contributed by atoms with Crippen molar-refractivity contribution in [3.8, 4) is 0 Å². The van der Waals surface area contributed by atoms with Crippen LogP contribution >= 0.6 is 0 Å². The molecule has 1 heterocycles. The van der Waals surface area contributed by atoms with Gasteiger partial charge in [0.05, 0.1) is 22.9 Å². The Morgan fingerprint density at radius 1 is 0.969 bits per heavy atom. The number of carboxylic acids is 1. The minimum atomic E-state index is -0.919. The lowest BCUT2D eigenvalue weighted by Gasteiger charge is -2.27. The fourth-order valence-electron chi connectivity index (χ4n) is 4.60. The summed E-state index contributed by atoms with van der Waals surface area (Å²) in [7, 11) is 0. The van der Waals surface area contributed by atoms with E-state index in [4.69, 9.17) is 4.84 Å². The van der Waals surface area contributed by atoms with E-state index < -0.39 is 5.97 Å². The third-order valence-electron chi connectivity index (χ3n) is 6.01. The van der Waals surface area contributed by atoms with Crippen molar-refractivity contribution in [2.24, 2.45) is 5.16 Å². The summed E-state index contributed by atoms with van der Waals surface area (Å²) in [5.41, 5.74) is 6.28. The summed E-state index contributed by atoms with van der Waals surface area (Å²) in [5, 5.41) is 14.4. The van der Waals surface area contributed by atoms with Crippen molar-refractivity contribution in [1.82, 2.24) is 0 Å². The number of nitrogens with zero attached hydrogens (tertiary/aromatic N) is 2. The molecule has 0 bridgehead atoms. The topological polar surface area (TPSA) is 62.1 Å². The number of oxime groups is 1. The molecule has 0 aromatic heterocycles. The number of allylic oxidation sites excluding steroid dienone is 2. The minimum Gasteiger partial charge on any atom is -0.478 e. The first-order valence-electron chi connectivity index (χ1n) is 10.8. The zero-order valence-corrected chi connectivity index (χ0v) is 17.6. The lowest BCUT2D eigenvalue weighted by atomic mass is 9.86. The number of rotatable bonds is 6. The molecule has 5 rings (SSSR count). The van der Waals surface area contributed by atoms with Gasteiger partial charge in [0.2, 0.25) is 0 Å². The van der Waals surface area contributed by atoms with Crippen LogP contribution in [0.15, 0.2) is 95.8 Å². The number of hydrogen-bond acceptors (Lipinski definition) is 4. The molecule has 160 valence electrons. The Balaban J connectivity index is 1.51. The zero-order valence-electron chi connectivity index (χ0n) is 17.6. The highest BCUT2D eigenvalue weighted by molar-refractivity contribution is 6.04. The third-order valence-corrected chi connectivity index (χ3v) is 6.01. The molecule has 3 aromatic rings. The average molecular weight is 425 g/mol. The van der Waals surface area contributed by atoms with Gasteiger partial charge in [-0.3, -0.25) is 0 Å². The zero-order chi connectivity index (χ0) is 21.9.